The lowest BCUT2D eigenvalue weighted by atomic mass is 10.1. The van der Waals surface area contributed by atoms with Gasteiger partial charge < -0.3 is 15.1 Å². The van der Waals surface area contributed by atoms with Crippen molar-refractivity contribution in [3.8, 4) is 0 Å². The molecule has 4 amide bonds. The van der Waals surface area contributed by atoms with E-state index in [-0.39, 0.29) is 24.3 Å². The van der Waals surface area contributed by atoms with Gasteiger partial charge in [0.2, 0.25) is 17.8 Å². The number of hydrogen-bond acceptors (Lipinski definition) is 6. The Morgan fingerprint density at radius 1 is 1.15 bits per heavy atom. The predicted octanol–water partition coefficient (Wildman–Crippen LogP) is -1.25. The summed E-state index contributed by atoms with van der Waals surface area (Å²) in [7, 11) is 3.59. The third kappa shape index (κ3) is 3.68. The van der Waals surface area contributed by atoms with Gasteiger partial charge >= 0.3 is 6.03 Å². The van der Waals surface area contributed by atoms with Crippen LogP contribution in [0.2, 0.25) is 0 Å². The van der Waals surface area contributed by atoms with Crippen molar-refractivity contribution in [2.45, 2.75) is 31.7 Å². The first-order valence-corrected chi connectivity index (χ1v) is 8.53. The Morgan fingerprint density at radius 3 is 2.62 bits per heavy atom. The topological polar surface area (TPSA) is 128 Å². The number of anilines is 1. The number of nitrogens with one attached hydrogen (secondary N) is 3. The molecule has 26 heavy (non-hydrogen) atoms. The highest BCUT2D eigenvalue weighted by molar-refractivity contribution is 5.98. The van der Waals surface area contributed by atoms with Crippen molar-refractivity contribution in [3.63, 3.8) is 0 Å². The molecule has 1 aromatic rings. The van der Waals surface area contributed by atoms with Gasteiger partial charge in [-0.15, -0.1) is 0 Å². The number of nitrogens with zero attached hydrogens (tertiary/aromatic N) is 3. The second kappa shape index (κ2) is 7.14. The summed E-state index contributed by atoms with van der Waals surface area (Å²) in [5.41, 5.74) is 1.09. The third-order valence-electron chi connectivity index (χ3n) is 4.59. The summed E-state index contributed by atoms with van der Waals surface area (Å²) in [5.74, 6) is -0.158. The molecule has 0 spiro atoms. The quantitative estimate of drug-likeness (QED) is 0.603. The van der Waals surface area contributed by atoms with Gasteiger partial charge in [-0.1, -0.05) is 0 Å². The van der Waals surface area contributed by atoms with Crippen molar-refractivity contribution in [2.75, 3.05) is 32.1 Å². The highest BCUT2D eigenvalue weighted by Crippen LogP contribution is 2.15. The van der Waals surface area contributed by atoms with Gasteiger partial charge in [0, 0.05) is 45.6 Å². The normalized spacial score (nSPS) is 20.4. The molecule has 1 unspecified atom stereocenters. The van der Waals surface area contributed by atoms with Gasteiger partial charge in [0.05, 0.1) is 5.69 Å². The molecule has 0 aromatic carbocycles. The first-order valence-electron chi connectivity index (χ1n) is 8.53. The summed E-state index contributed by atoms with van der Waals surface area (Å²) in [5, 5.41) is 4.69. The number of fused-ring (bicyclic) bond motifs is 1. The predicted molar refractivity (Wildman–Crippen MR) is 92.9 cm³/mol. The average Bonchev–Trinajstić information content (AvgIpc) is 2.90. The molecule has 0 bridgehead atoms. The number of aromatic nitrogens is 2. The standard InChI is InChI=1S/C16H22N6O4/c1-21(2)15-17-10-6-8-22(7-5-9(10)13(24)20-15)14(25)11-3-4-12(23)19-16(26)18-11/h11H,3-8H2,1-2H3,(H,17,20,24)(H2,18,19,23,26). The van der Waals surface area contributed by atoms with Crippen LogP contribution < -0.4 is 21.1 Å². The molecule has 3 heterocycles. The minimum absolute atomic E-state index is 0.108. The first kappa shape index (κ1) is 17.9. The Kier molecular flexibility index (Phi) is 4.92. The van der Waals surface area contributed by atoms with E-state index in [1.54, 1.807) is 23.9 Å². The largest absolute Gasteiger partial charge is 0.348 e. The molecular formula is C16H22N6O4. The number of urea groups is 1. The summed E-state index contributed by atoms with van der Waals surface area (Å²) in [6.07, 6.45) is 1.22. The number of rotatable bonds is 2. The number of H-pyrrole nitrogens is 1. The highest BCUT2D eigenvalue weighted by Gasteiger charge is 2.31. The maximum absolute atomic E-state index is 12.8. The number of carbonyl (C=O) groups excluding carboxylic acids is 3. The monoisotopic (exact) mass is 362 g/mol. The van der Waals surface area contributed by atoms with Crippen molar-refractivity contribution >= 4 is 23.8 Å². The van der Waals surface area contributed by atoms with Crippen LogP contribution in [0.5, 0.6) is 0 Å². The van der Waals surface area contributed by atoms with Gasteiger partial charge in [0.1, 0.15) is 6.04 Å². The number of aromatic amines is 1. The van der Waals surface area contributed by atoms with Gasteiger partial charge in [-0.3, -0.25) is 24.7 Å². The number of imide groups is 1. The van der Waals surface area contributed by atoms with Crippen LogP contribution in [-0.2, 0) is 22.4 Å². The van der Waals surface area contributed by atoms with Gasteiger partial charge in [-0.05, 0) is 12.8 Å². The second-order valence-electron chi connectivity index (χ2n) is 6.65. The van der Waals surface area contributed by atoms with Crippen LogP contribution in [0, 0.1) is 0 Å². The van der Waals surface area contributed by atoms with Crippen molar-refractivity contribution < 1.29 is 14.4 Å². The molecule has 1 atom stereocenters. The molecule has 10 heteroatoms. The molecule has 0 aliphatic carbocycles. The van der Waals surface area contributed by atoms with E-state index in [0.717, 1.165) is 0 Å². The number of amides is 4. The lowest BCUT2D eigenvalue weighted by Gasteiger charge is -2.25. The van der Waals surface area contributed by atoms with Gasteiger partial charge in [-0.2, -0.15) is 0 Å². The molecule has 1 fully saturated rings. The molecular weight excluding hydrogens is 340 g/mol. The molecule has 10 nitrogen and oxygen atoms in total. The maximum Gasteiger partial charge on any atom is 0.322 e. The summed E-state index contributed by atoms with van der Waals surface area (Å²) in [6.45, 7) is 0.772. The van der Waals surface area contributed by atoms with Crippen LogP contribution in [-0.4, -0.2) is 65.9 Å². The zero-order valence-electron chi connectivity index (χ0n) is 14.8. The van der Waals surface area contributed by atoms with Crippen LogP contribution in [0.1, 0.15) is 24.1 Å². The van der Waals surface area contributed by atoms with E-state index in [4.69, 9.17) is 0 Å². The zero-order chi connectivity index (χ0) is 18.8. The zero-order valence-corrected chi connectivity index (χ0v) is 14.8. The van der Waals surface area contributed by atoms with Crippen molar-refractivity contribution in [2.24, 2.45) is 0 Å². The van der Waals surface area contributed by atoms with Crippen LogP contribution in [0.25, 0.3) is 0 Å². The minimum Gasteiger partial charge on any atom is -0.348 e. The highest BCUT2D eigenvalue weighted by atomic mass is 16.2. The van der Waals surface area contributed by atoms with E-state index >= 15 is 0 Å². The smallest absolute Gasteiger partial charge is 0.322 e. The van der Waals surface area contributed by atoms with E-state index in [0.29, 0.717) is 43.1 Å². The summed E-state index contributed by atoms with van der Waals surface area (Å²) in [6, 6.07) is -1.40. The van der Waals surface area contributed by atoms with Crippen molar-refractivity contribution in [1.29, 1.82) is 0 Å². The van der Waals surface area contributed by atoms with E-state index in [1.165, 1.54) is 0 Å². The van der Waals surface area contributed by atoms with Gasteiger partial charge in [0.25, 0.3) is 5.56 Å². The fraction of sp³-hybridized carbons (Fsp3) is 0.562. The van der Waals surface area contributed by atoms with Crippen LogP contribution >= 0.6 is 0 Å². The van der Waals surface area contributed by atoms with Crippen molar-refractivity contribution in [3.05, 3.63) is 21.6 Å². The molecule has 3 rings (SSSR count). The fourth-order valence-corrected chi connectivity index (χ4v) is 3.16. The third-order valence-corrected chi connectivity index (χ3v) is 4.59. The van der Waals surface area contributed by atoms with Crippen LogP contribution in [0.15, 0.2) is 4.79 Å². The Balaban J connectivity index is 1.75. The number of hydrogen-bond donors (Lipinski definition) is 3. The summed E-state index contributed by atoms with van der Waals surface area (Å²) in [4.78, 5) is 58.7. The molecule has 2 aliphatic rings. The molecule has 140 valence electrons. The Bertz CT molecular complexity index is 802. The second-order valence-corrected chi connectivity index (χ2v) is 6.65. The molecule has 2 aliphatic heterocycles. The van der Waals surface area contributed by atoms with E-state index in [9.17, 15) is 19.2 Å². The molecule has 1 saturated heterocycles. The van der Waals surface area contributed by atoms with Gasteiger partial charge in [0.15, 0.2) is 0 Å². The number of carbonyl (C=O) groups is 3. The first-order chi connectivity index (χ1) is 12.3. The Hall–Kier alpha value is -2.91. The van der Waals surface area contributed by atoms with Gasteiger partial charge in [-0.25, -0.2) is 9.78 Å². The van der Waals surface area contributed by atoms with E-state index in [1.807, 2.05) is 0 Å². The fourth-order valence-electron chi connectivity index (χ4n) is 3.16. The van der Waals surface area contributed by atoms with Crippen molar-refractivity contribution in [1.82, 2.24) is 25.5 Å². The van der Waals surface area contributed by atoms with Crippen LogP contribution in [0.3, 0.4) is 0 Å². The summed E-state index contributed by atoms with van der Waals surface area (Å²) >= 11 is 0. The molecule has 0 radical (unpaired) electrons. The van der Waals surface area contributed by atoms with E-state index < -0.39 is 18.0 Å². The lowest BCUT2D eigenvalue weighted by Crippen LogP contribution is -2.50. The molecule has 0 saturated carbocycles. The SMILES string of the molecule is CN(C)c1nc2c(c(=O)[nH]1)CCN(C(=O)C1CCC(=O)NC(=O)N1)CC2. The van der Waals surface area contributed by atoms with Crippen LogP contribution in [0.4, 0.5) is 10.7 Å². The maximum atomic E-state index is 12.8. The molecule has 1 aromatic heterocycles. The molecule has 3 N–H and O–H groups in total. The average molecular weight is 362 g/mol. The Morgan fingerprint density at radius 2 is 1.88 bits per heavy atom. The van der Waals surface area contributed by atoms with E-state index in [2.05, 4.69) is 20.6 Å². The minimum atomic E-state index is -0.744. The lowest BCUT2D eigenvalue weighted by molar-refractivity contribution is -0.133. The Labute approximate surface area is 150 Å². The summed E-state index contributed by atoms with van der Waals surface area (Å²) < 4.78 is 0.